The Morgan fingerprint density at radius 1 is 1.10 bits per heavy atom. The summed E-state index contributed by atoms with van der Waals surface area (Å²) in [4.78, 5) is 3.31. The van der Waals surface area contributed by atoms with Crippen molar-refractivity contribution < 1.29 is 18.9 Å². The van der Waals surface area contributed by atoms with Crippen molar-refractivity contribution in [3.63, 3.8) is 0 Å². The van der Waals surface area contributed by atoms with Crippen molar-refractivity contribution in [1.82, 2.24) is 14.6 Å². The monoisotopic (exact) mass is 403 g/mol. The SMILES string of the molecule is COc1ccc(Nc2c(-c3ccc4c(c3)OCO4)[nH]c3c(C#N)cnn23)cc1OC. The van der Waals surface area contributed by atoms with E-state index in [0.29, 0.717) is 40.0 Å². The molecule has 0 aliphatic carbocycles. The number of nitriles is 1. The summed E-state index contributed by atoms with van der Waals surface area (Å²) in [5.41, 5.74) is 3.41. The van der Waals surface area contributed by atoms with Crippen LogP contribution in [0.1, 0.15) is 5.56 Å². The molecule has 0 bridgehead atoms. The minimum atomic E-state index is 0.197. The fraction of sp³-hybridized carbons (Fsp3) is 0.143. The standard InChI is InChI=1S/C21H17N5O4/c1-27-15-6-4-14(8-17(15)28-2)24-21-19(25-20-13(9-22)10-23-26(20)21)12-3-5-16-18(7-12)30-11-29-16/h3-8,10,24-25H,11H2,1-2H3. The molecule has 2 aromatic heterocycles. The lowest BCUT2D eigenvalue weighted by Crippen LogP contribution is -1.99. The van der Waals surface area contributed by atoms with Crippen LogP contribution >= 0.6 is 0 Å². The third-order valence-electron chi connectivity index (χ3n) is 4.89. The lowest BCUT2D eigenvalue weighted by atomic mass is 10.1. The van der Waals surface area contributed by atoms with Crippen LogP contribution < -0.4 is 24.3 Å². The number of ether oxygens (including phenoxy) is 4. The van der Waals surface area contributed by atoms with E-state index in [2.05, 4.69) is 21.5 Å². The highest BCUT2D eigenvalue weighted by Gasteiger charge is 2.21. The summed E-state index contributed by atoms with van der Waals surface area (Å²) in [6.45, 7) is 0.197. The van der Waals surface area contributed by atoms with Crippen molar-refractivity contribution in [3.05, 3.63) is 48.2 Å². The van der Waals surface area contributed by atoms with E-state index in [-0.39, 0.29) is 6.79 Å². The van der Waals surface area contributed by atoms with Gasteiger partial charge in [-0.3, -0.25) is 0 Å². The summed E-state index contributed by atoms with van der Waals surface area (Å²) in [5.74, 6) is 3.25. The van der Waals surface area contributed by atoms with Crippen molar-refractivity contribution in [1.29, 1.82) is 5.26 Å². The van der Waals surface area contributed by atoms with Crippen LogP contribution in [0.15, 0.2) is 42.6 Å². The van der Waals surface area contributed by atoms with Crippen molar-refractivity contribution in [3.8, 4) is 40.3 Å². The summed E-state index contributed by atoms with van der Waals surface area (Å²) >= 11 is 0. The number of methoxy groups -OCH3 is 2. The van der Waals surface area contributed by atoms with Gasteiger partial charge >= 0.3 is 0 Å². The molecule has 4 aromatic rings. The number of aromatic nitrogens is 3. The second-order valence-corrected chi connectivity index (χ2v) is 6.54. The summed E-state index contributed by atoms with van der Waals surface area (Å²) in [6.07, 6.45) is 1.52. The zero-order valence-corrected chi connectivity index (χ0v) is 16.2. The molecule has 2 N–H and O–H groups in total. The third-order valence-corrected chi connectivity index (χ3v) is 4.89. The van der Waals surface area contributed by atoms with E-state index in [0.717, 1.165) is 16.9 Å². The predicted molar refractivity (Wildman–Crippen MR) is 109 cm³/mol. The Morgan fingerprint density at radius 2 is 1.93 bits per heavy atom. The molecule has 9 heteroatoms. The zero-order valence-electron chi connectivity index (χ0n) is 16.2. The first-order chi connectivity index (χ1) is 14.7. The number of rotatable bonds is 5. The van der Waals surface area contributed by atoms with Crippen LogP contribution in [-0.4, -0.2) is 35.6 Å². The smallest absolute Gasteiger partial charge is 0.231 e. The van der Waals surface area contributed by atoms with Crippen LogP contribution in [0.25, 0.3) is 16.9 Å². The highest BCUT2D eigenvalue weighted by molar-refractivity contribution is 5.82. The first-order valence-corrected chi connectivity index (χ1v) is 9.10. The van der Waals surface area contributed by atoms with Crippen LogP contribution in [0.4, 0.5) is 11.5 Å². The molecule has 0 saturated carbocycles. The van der Waals surface area contributed by atoms with Gasteiger partial charge in [0.15, 0.2) is 34.5 Å². The molecule has 0 radical (unpaired) electrons. The molecule has 0 saturated heterocycles. The van der Waals surface area contributed by atoms with Gasteiger partial charge in [-0.15, -0.1) is 0 Å². The second-order valence-electron chi connectivity index (χ2n) is 6.54. The van der Waals surface area contributed by atoms with E-state index in [1.165, 1.54) is 6.20 Å². The molecule has 0 unspecified atom stereocenters. The van der Waals surface area contributed by atoms with Crippen molar-refractivity contribution >= 4 is 17.2 Å². The second kappa shape index (κ2) is 6.93. The van der Waals surface area contributed by atoms with Crippen LogP contribution in [-0.2, 0) is 0 Å². The minimum Gasteiger partial charge on any atom is -0.493 e. The van der Waals surface area contributed by atoms with Crippen molar-refractivity contribution in [2.24, 2.45) is 0 Å². The Balaban J connectivity index is 1.64. The van der Waals surface area contributed by atoms with Crippen LogP contribution in [0.2, 0.25) is 0 Å². The van der Waals surface area contributed by atoms with E-state index in [9.17, 15) is 5.26 Å². The molecule has 150 valence electrons. The molecule has 1 aliphatic rings. The fourth-order valence-electron chi connectivity index (χ4n) is 3.43. The van der Waals surface area contributed by atoms with E-state index in [1.54, 1.807) is 18.7 Å². The highest BCUT2D eigenvalue weighted by atomic mass is 16.7. The number of hydrogen-bond donors (Lipinski definition) is 2. The number of imidazole rings is 1. The molecule has 0 fully saturated rings. The van der Waals surface area contributed by atoms with Crippen LogP contribution in [0, 0.1) is 11.3 Å². The van der Waals surface area contributed by atoms with Gasteiger partial charge < -0.3 is 29.2 Å². The number of fused-ring (bicyclic) bond motifs is 2. The molecule has 0 amide bonds. The highest BCUT2D eigenvalue weighted by Crippen LogP contribution is 2.39. The number of H-pyrrole nitrogens is 1. The molecule has 0 atom stereocenters. The van der Waals surface area contributed by atoms with Gasteiger partial charge in [0.2, 0.25) is 6.79 Å². The number of nitrogens with zero attached hydrogens (tertiary/aromatic N) is 3. The molecule has 1 aliphatic heterocycles. The van der Waals surface area contributed by atoms with Gasteiger partial charge in [0.25, 0.3) is 0 Å². The molecule has 9 nitrogen and oxygen atoms in total. The topological polar surface area (TPSA) is 106 Å². The number of anilines is 2. The van der Waals surface area contributed by atoms with Gasteiger partial charge in [-0.1, -0.05) is 0 Å². The summed E-state index contributed by atoms with van der Waals surface area (Å²) in [6, 6.07) is 13.3. The fourth-order valence-corrected chi connectivity index (χ4v) is 3.43. The van der Waals surface area contributed by atoms with Crippen LogP contribution in [0.5, 0.6) is 23.0 Å². The largest absolute Gasteiger partial charge is 0.493 e. The van der Waals surface area contributed by atoms with Gasteiger partial charge in [0, 0.05) is 17.3 Å². The Bertz CT molecular complexity index is 1300. The summed E-state index contributed by atoms with van der Waals surface area (Å²) in [7, 11) is 3.17. The first-order valence-electron chi connectivity index (χ1n) is 9.10. The van der Waals surface area contributed by atoms with E-state index >= 15 is 0 Å². The van der Waals surface area contributed by atoms with E-state index in [1.807, 2.05) is 36.4 Å². The van der Waals surface area contributed by atoms with Gasteiger partial charge in [-0.05, 0) is 30.3 Å². The molecular weight excluding hydrogens is 386 g/mol. The Morgan fingerprint density at radius 3 is 2.73 bits per heavy atom. The molecule has 0 spiro atoms. The van der Waals surface area contributed by atoms with Gasteiger partial charge in [-0.25, -0.2) is 0 Å². The van der Waals surface area contributed by atoms with Crippen molar-refractivity contribution in [2.45, 2.75) is 0 Å². The Kier molecular flexibility index (Phi) is 4.10. The number of nitrogens with one attached hydrogen (secondary N) is 2. The van der Waals surface area contributed by atoms with E-state index < -0.39 is 0 Å². The van der Waals surface area contributed by atoms with Gasteiger partial charge in [0.05, 0.1) is 26.1 Å². The number of benzene rings is 2. The average molecular weight is 403 g/mol. The lowest BCUT2D eigenvalue weighted by molar-refractivity contribution is 0.174. The first kappa shape index (κ1) is 17.8. The molecular formula is C21H17N5O4. The lowest BCUT2D eigenvalue weighted by Gasteiger charge is -2.12. The van der Waals surface area contributed by atoms with Gasteiger partial charge in [0.1, 0.15) is 11.6 Å². The summed E-state index contributed by atoms with van der Waals surface area (Å²) in [5, 5.41) is 17.2. The maximum absolute atomic E-state index is 9.43. The molecule has 3 heterocycles. The summed E-state index contributed by atoms with van der Waals surface area (Å²) < 4.78 is 23.3. The number of aromatic amines is 1. The predicted octanol–water partition coefficient (Wildman–Crippen LogP) is 3.69. The van der Waals surface area contributed by atoms with E-state index in [4.69, 9.17) is 18.9 Å². The maximum atomic E-state index is 9.43. The van der Waals surface area contributed by atoms with Gasteiger partial charge in [-0.2, -0.15) is 14.9 Å². The van der Waals surface area contributed by atoms with Crippen molar-refractivity contribution in [2.75, 3.05) is 26.3 Å². The average Bonchev–Trinajstić information content (AvgIpc) is 3.48. The zero-order chi connectivity index (χ0) is 20.7. The molecule has 30 heavy (non-hydrogen) atoms. The van der Waals surface area contributed by atoms with Crippen LogP contribution in [0.3, 0.4) is 0 Å². The molecule has 5 rings (SSSR count). The molecule has 2 aromatic carbocycles. The Labute approximate surface area is 171 Å². The number of hydrogen-bond acceptors (Lipinski definition) is 7. The normalized spacial score (nSPS) is 12.0. The maximum Gasteiger partial charge on any atom is 0.231 e. The Hall–Kier alpha value is -4.32. The quantitative estimate of drug-likeness (QED) is 0.523. The third kappa shape index (κ3) is 2.74. The minimum absolute atomic E-state index is 0.197.